The Morgan fingerprint density at radius 3 is 2.33 bits per heavy atom. The summed E-state index contributed by atoms with van der Waals surface area (Å²) in [5, 5.41) is 12.0. The molecule has 2 N–H and O–H groups in total. The number of pyridine rings is 1. The number of rotatable bonds is 3. The Morgan fingerprint density at radius 1 is 1.12 bits per heavy atom. The maximum Gasteiger partial charge on any atom is 0.433 e. The van der Waals surface area contributed by atoms with Gasteiger partial charge < -0.3 is 10.4 Å². The molecule has 132 valence electrons. The highest BCUT2D eigenvalue weighted by molar-refractivity contribution is 5.94. The Kier molecular flexibility index (Phi) is 5.80. The predicted octanol–water partition coefficient (Wildman–Crippen LogP) is 3.25. The van der Waals surface area contributed by atoms with Crippen molar-refractivity contribution < 1.29 is 27.9 Å². The van der Waals surface area contributed by atoms with Gasteiger partial charge in [-0.25, -0.2) is 0 Å². The molecule has 1 amide bonds. The number of alkyl halides is 3. The van der Waals surface area contributed by atoms with E-state index in [4.69, 9.17) is 0 Å². The molecule has 2 unspecified atom stereocenters. The van der Waals surface area contributed by atoms with Gasteiger partial charge >= 0.3 is 12.1 Å². The number of carboxylic acids is 1. The minimum absolute atomic E-state index is 0.0193. The third kappa shape index (κ3) is 4.69. The summed E-state index contributed by atoms with van der Waals surface area (Å²) in [6.07, 6.45) is 0.834. The number of hydrogen-bond donors (Lipinski definition) is 2. The van der Waals surface area contributed by atoms with Crippen LogP contribution in [0.4, 0.5) is 13.2 Å². The highest BCUT2D eigenvalue weighted by Crippen LogP contribution is 2.27. The van der Waals surface area contributed by atoms with Crippen LogP contribution in [0.25, 0.3) is 0 Å². The minimum atomic E-state index is -4.57. The van der Waals surface area contributed by atoms with Gasteiger partial charge in [-0.05, 0) is 25.0 Å². The monoisotopic (exact) mass is 344 g/mol. The molecule has 1 aliphatic carbocycles. The summed E-state index contributed by atoms with van der Waals surface area (Å²) in [5.41, 5.74) is -1.09. The molecule has 0 saturated heterocycles. The molecule has 0 bridgehead atoms. The van der Waals surface area contributed by atoms with Crippen molar-refractivity contribution in [3.8, 4) is 0 Å². The summed E-state index contributed by atoms with van der Waals surface area (Å²) in [6, 6.07) is 1.25. The van der Waals surface area contributed by atoms with E-state index < -0.39 is 35.7 Å². The van der Waals surface area contributed by atoms with Crippen LogP contribution in [-0.4, -0.2) is 28.0 Å². The summed E-state index contributed by atoms with van der Waals surface area (Å²) >= 11 is 0. The van der Waals surface area contributed by atoms with Crippen LogP contribution < -0.4 is 5.32 Å². The molecule has 0 spiro atoms. The van der Waals surface area contributed by atoms with Crippen molar-refractivity contribution in [2.45, 2.75) is 50.7 Å². The normalized spacial score (nSPS) is 22.3. The highest BCUT2D eigenvalue weighted by Gasteiger charge is 2.33. The first-order chi connectivity index (χ1) is 11.3. The van der Waals surface area contributed by atoms with Crippen molar-refractivity contribution in [2.75, 3.05) is 0 Å². The minimum Gasteiger partial charge on any atom is -0.481 e. The molecule has 1 fully saturated rings. The van der Waals surface area contributed by atoms with E-state index in [9.17, 15) is 27.9 Å². The van der Waals surface area contributed by atoms with Crippen LogP contribution in [-0.2, 0) is 11.0 Å². The molecule has 1 aromatic heterocycles. The Hall–Kier alpha value is -2.12. The molecule has 24 heavy (non-hydrogen) atoms. The quantitative estimate of drug-likeness (QED) is 0.882. The standard InChI is InChI=1S/C16H19F3N2O3/c17-16(18,19)13-8-7-10(9-20-13)14(22)21-12-6-4-2-1-3-5-11(12)15(23)24/h7-9,11-12H,1-6H2,(H,21,22)(H,23,24). The fourth-order valence-electron chi connectivity index (χ4n) is 2.90. The molecule has 0 radical (unpaired) electrons. The number of carbonyl (C=O) groups is 2. The second-order valence-corrected chi connectivity index (χ2v) is 5.95. The van der Waals surface area contributed by atoms with Crippen LogP contribution in [0.15, 0.2) is 18.3 Å². The zero-order valence-corrected chi connectivity index (χ0v) is 13.0. The second-order valence-electron chi connectivity index (χ2n) is 5.95. The average molecular weight is 344 g/mol. The van der Waals surface area contributed by atoms with Gasteiger partial charge in [-0.15, -0.1) is 0 Å². The van der Waals surface area contributed by atoms with Crippen molar-refractivity contribution in [3.63, 3.8) is 0 Å². The smallest absolute Gasteiger partial charge is 0.433 e. The molecule has 1 heterocycles. The van der Waals surface area contributed by atoms with Gasteiger partial charge in [0.1, 0.15) is 5.69 Å². The van der Waals surface area contributed by atoms with Gasteiger partial charge in [-0.2, -0.15) is 13.2 Å². The Bertz CT molecular complexity index is 587. The van der Waals surface area contributed by atoms with Crippen LogP contribution in [0.5, 0.6) is 0 Å². The highest BCUT2D eigenvalue weighted by atomic mass is 19.4. The number of aromatic nitrogens is 1. The first-order valence-corrected chi connectivity index (χ1v) is 7.86. The van der Waals surface area contributed by atoms with E-state index in [0.29, 0.717) is 12.8 Å². The van der Waals surface area contributed by atoms with E-state index in [2.05, 4.69) is 10.3 Å². The topological polar surface area (TPSA) is 79.3 Å². The summed E-state index contributed by atoms with van der Waals surface area (Å²) in [4.78, 5) is 26.9. The van der Waals surface area contributed by atoms with Gasteiger partial charge in [0.15, 0.2) is 0 Å². The largest absolute Gasteiger partial charge is 0.481 e. The summed E-state index contributed by atoms with van der Waals surface area (Å²) < 4.78 is 37.5. The number of nitrogens with one attached hydrogen (secondary N) is 1. The van der Waals surface area contributed by atoms with E-state index in [0.717, 1.165) is 44.0 Å². The molecule has 5 nitrogen and oxygen atoms in total. The van der Waals surface area contributed by atoms with Crippen molar-refractivity contribution in [1.29, 1.82) is 0 Å². The third-order valence-electron chi connectivity index (χ3n) is 4.22. The van der Waals surface area contributed by atoms with Gasteiger partial charge in [-0.3, -0.25) is 14.6 Å². The van der Waals surface area contributed by atoms with Gasteiger partial charge in [0.05, 0.1) is 11.5 Å². The maximum absolute atomic E-state index is 12.5. The molecule has 8 heteroatoms. The number of carbonyl (C=O) groups excluding carboxylic acids is 1. The molecule has 1 aliphatic rings. The zero-order valence-electron chi connectivity index (χ0n) is 13.0. The van der Waals surface area contributed by atoms with Gasteiger partial charge in [0.25, 0.3) is 5.91 Å². The van der Waals surface area contributed by atoms with E-state index in [-0.39, 0.29) is 5.56 Å². The molecule has 1 saturated carbocycles. The molecular weight excluding hydrogens is 325 g/mol. The van der Waals surface area contributed by atoms with Crippen molar-refractivity contribution >= 4 is 11.9 Å². The first kappa shape index (κ1) is 18.2. The molecule has 2 atom stereocenters. The number of halogens is 3. The second kappa shape index (κ2) is 7.63. The summed E-state index contributed by atoms with van der Waals surface area (Å²) in [6.45, 7) is 0. The SMILES string of the molecule is O=C(NC1CCCCCCC1C(=O)O)c1ccc(C(F)(F)F)nc1. The molecule has 1 aromatic rings. The maximum atomic E-state index is 12.5. The number of amides is 1. The van der Waals surface area contributed by atoms with Gasteiger partial charge in [0, 0.05) is 12.2 Å². The molecule has 0 aliphatic heterocycles. The number of nitrogens with zero attached hydrogens (tertiary/aromatic N) is 1. The van der Waals surface area contributed by atoms with Crippen molar-refractivity contribution in [3.05, 3.63) is 29.6 Å². The van der Waals surface area contributed by atoms with E-state index in [1.54, 1.807) is 0 Å². The lowest BCUT2D eigenvalue weighted by Crippen LogP contribution is -2.44. The van der Waals surface area contributed by atoms with Crippen LogP contribution in [0, 0.1) is 5.92 Å². The van der Waals surface area contributed by atoms with E-state index >= 15 is 0 Å². The Labute approximate surface area is 137 Å². The summed E-state index contributed by atoms with van der Waals surface area (Å²) in [5.74, 6) is -2.25. The predicted molar refractivity (Wildman–Crippen MR) is 79.3 cm³/mol. The lowest BCUT2D eigenvalue weighted by Gasteiger charge is -2.27. The van der Waals surface area contributed by atoms with Crippen molar-refractivity contribution in [1.82, 2.24) is 10.3 Å². The number of carboxylic acid groups (broad SMARTS) is 1. The van der Waals surface area contributed by atoms with Crippen molar-refractivity contribution in [2.24, 2.45) is 5.92 Å². The molecule has 2 rings (SSSR count). The fourth-order valence-corrected chi connectivity index (χ4v) is 2.90. The van der Waals surface area contributed by atoms with Gasteiger partial charge in [0.2, 0.25) is 0 Å². The third-order valence-corrected chi connectivity index (χ3v) is 4.22. The fraction of sp³-hybridized carbons (Fsp3) is 0.562. The Morgan fingerprint density at radius 2 is 1.79 bits per heavy atom. The van der Waals surface area contributed by atoms with Crippen LogP contribution >= 0.6 is 0 Å². The summed E-state index contributed by atoms with van der Waals surface area (Å²) in [7, 11) is 0. The van der Waals surface area contributed by atoms with Crippen LogP contribution in [0.3, 0.4) is 0 Å². The zero-order chi connectivity index (χ0) is 17.7. The number of hydrogen-bond acceptors (Lipinski definition) is 3. The lowest BCUT2D eigenvalue weighted by atomic mass is 9.86. The van der Waals surface area contributed by atoms with E-state index in [1.165, 1.54) is 0 Å². The van der Waals surface area contributed by atoms with E-state index in [1.807, 2.05) is 0 Å². The number of aliphatic carboxylic acids is 1. The lowest BCUT2D eigenvalue weighted by molar-refractivity contribution is -0.143. The van der Waals surface area contributed by atoms with Crippen LogP contribution in [0.2, 0.25) is 0 Å². The average Bonchev–Trinajstić information content (AvgIpc) is 2.49. The van der Waals surface area contributed by atoms with Crippen LogP contribution in [0.1, 0.15) is 54.6 Å². The van der Waals surface area contributed by atoms with Gasteiger partial charge in [-0.1, -0.05) is 25.7 Å². The Balaban J connectivity index is 2.09. The molecular formula is C16H19F3N2O3. The molecule has 0 aromatic carbocycles. The first-order valence-electron chi connectivity index (χ1n) is 7.86.